The smallest absolute Gasteiger partial charge is 0.0522 e. The van der Waals surface area contributed by atoms with Crippen LogP contribution in [0.25, 0.3) is 0 Å². The summed E-state index contributed by atoms with van der Waals surface area (Å²) in [6.45, 7) is 3.39. The van der Waals surface area contributed by atoms with Gasteiger partial charge in [-0.05, 0) is 37.3 Å². The molecule has 3 heteroatoms. The predicted octanol–water partition coefficient (Wildman–Crippen LogP) is 3.69. The van der Waals surface area contributed by atoms with E-state index in [-0.39, 0.29) is 0 Å². The number of aryl methyl sites for hydroxylation is 1. The molecule has 0 radical (unpaired) electrons. The summed E-state index contributed by atoms with van der Waals surface area (Å²) in [7, 11) is 2.00. The Morgan fingerprint density at radius 2 is 2.05 bits per heavy atom. The molecule has 0 bridgehead atoms. The Labute approximate surface area is 124 Å². The molecule has 1 saturated carbocycles. The summed E-state index contributed by atoms with van der Waals surface area (Å²) in [5.74, 6) is 0.934. The summed E-state index contributed by atoms with van der Waals surface area (Å²) in [4.78, 5) is 0. The molecule has 114 valence electrons. The molecule has 2 rings (SSSR count). The zero-order chi connectivity index (χ0) is 14.2. The van der Waals surface area contributed by atoms with E-state index in [1.165, 1.54) is 56.9 Å². The van der Waals surface area contributed by atoms with Gasteiger partial charge in [0.05, 0.1) is 6.20 Å². The average Bonchev–Trinajstić information content (AvgIpc) is 2.69. The Bertz CT molecular complexity index is 364. The second-order valence-corrected chi connectivity index (χ2v) is 6.47. The van der Waals surface area contributed by atoms with Gasteiger partial charge >= 0.3 is 0 Å². The highest BCUT2D eigenvalue weighted by Gasteiger charge is 2.18. The number of nitrogens with one attached hydrogen (secondary N) is 1. The topological polar surface area (TPSA) is 29.9 Å². The van der Waals surface area contributed by atoms with Crippen molar-refractivity contribution in [2.45, 2.75) is 70.8 Å². The van der Waals surface area contributed by atoms with E-state index in [0.717, 1.165) is 18.9 Å². The van der Waals surface area contributed by atoms with Gasteiger partial charge in [0.15, 0.2) is 0 Å². The summed E-state index contributed by atoms with van der Waals surface area (Å²) in [6, 6.07) is 0.627. The van der Waals surface area contributed by atoms with Crippen molar-refractivity contribution in [2.75, 3.05) is 6.54 Å². The van der Waals surface area contributed by atoms with E-state index < -0.39 is 0 Å². The molecule has 0 aliphatic heterocycles. The van der Waals surface area contributed by atoms with E-state index in [1.807, 2.05) is 17.9 Å². The molecule has 1 N–H and O–H groups in total. The Kier molecular flexibility index (Phi) is 6.58. The van der Waals surface area contributed by atoms with Gasteiger partial charge in [-0.15, -0.1) is 0 Å². The molecule has 1 atom stereocenters. The lowest BCUT2D eigenvalue weighted by atomic mass is 9.90. The van der Waals surface area contributed by atoms with Crippen LogP contribution in [0.1, 0.15) is 63.9 Å². The lowest BCUT2D eigenvalue weighted by molar-refractivity contribution is 0.349. The predicted molar refractivity (Wildman–Crippen MR) is 84.8 cm³/mol. The van der Waals surface area contributed by atoms with Gasteiger partial charge in [-0.25, -0.2) is 0 Å². The maximum Gasteiger partial charge on any atom is 0.0522 e. The van der Waals surface area contributed by atoms with E-state index in [0.29, 0.717) is 6.04 Å². The molecule has 1 heterocycles. The Balaban J connectivity index is 1.88. The molecule has 20 heavy (non-hydrogen) atoms. The van der Waals surface area contributed by atoms with Gasteiger partial charge in [-0.1, -0.05) is 45.4 Å². The quantitative estimate of drug-likeness (QED) is 0.770. The van der Waals surface area contributed by atoms with Crippen LogP contribution in [0.5, 0.6) is 0 Å². The van der Waals surface area contributed by atoms with Crippen molar-refractivity contribution in [3.05, 3.63) is 18.0 Å². The summed E-state index contributed by atoms with van der Waals surface area (Å²) < 4.78 is 1.91. The molecular formula is C17H31N3. The van der Waals surface area contributed by atoms with Crippen LogP contribution in [-0.4, -0.2) is 22.4 Å². The van der Waals surface area contributed by atoms with E-state index in [1.54, 1.807) is 0 Å². The van der Waals surface area contributed by atoms with E-state index in [2.05, 4.69) is 23.5 Å². The van der Waals surface area contributed by atoms with Crippen LogP contribution in [0.2, 0.25) is 0 Å². The molecular weight excluding hydrogens is 246 g/mol. The largest absolute Gasteiger partial charge is 0.314 e. The van der Waals surface area contributed by atoms with Crippen molar-refractivity contribution < 1.29 is 0 Å². The van der Waals surface area contributed by atoms with Gasteiger partial charge in [-0.3, -0.25) is 4.68 Å². The highest BCUT2D eigenvalue weighted by atomic mass is 15.2. The van der Waals surface area contributed by atoms with Crippen LogP contribution in [0.4, 0.5) is 0 Å². The third kappa shape index (κ3) is 5.28. The fourth-order valence-electron chi connectivity index (χ4n) is 3.45. The Hall–Kier alpha value is -0.830. The minimum atomic E-state index is 0.627. The molecule has 0 spiro atoms. The van der Waals surface area contributed by atoms with E-state index in [4.69, 9.17) is 0 Å². The first-order valence-corrected chi connectivity index (χ1v) is 8.49. The first-order chi connectivity index (χ1) is 9.78. The van der Waals surface area contributed by atoms with Crippen molar-refractivity contribution in [1.82, 2.24) is 15.1 Å². The molecule has 1 aromatic heterocycles. The number of aromatic nitrogens is 2. The SMILES string of the molecule is CCCNC(Cc1cnn(C)c1)CC1CCCCCC1. The van der Waals surface area contributed by atoms with Gasteiger partial charge in [0, 0.05) is 19.3 Å². The first kappa shape index (κ1) is 15.6. The summed E-state index contributed by atoms with van der Waals surface area (Å²) >= 11 is 0. The fourth-order valence-corrected chi connectivity index (χ4v) is 3.45. The maximum absolute atomic E-state index is 4.30. The number of hydrogen-bond acceptors (Lipinski definition) is 2. The van der Waals surface area contributed by atoms with Gasteiger partial charge in [0.2, 0.25) is 0 Å². The zero-order valence-corrected chi connectivity index (χ0v) is 13.3. The average molecular weight is 277 g/mol. The lowest BCUT2D eigenvalue weighted by Gasteiger charge is -2.23. The second kappa shape index (κ2) is 8.46. The summed E-state index contributed by atoms with van der Waals surface area (Å²) in [5, 5.41) is 8.06. The highest BCUT2D eigenvalue weighted by Crippen LogP contribution is 2.27. The molecule has 1 aliphatic carbocycles. The van der Waals surface area contributed by atoms with Crippen LogP contribution in [0.15, 0.2) is 12.4 Å². The van der Waals surface area contributed by atoms with Crippen LogP contribution in [0.3, 0.4) is 0 Å². The lowest BCUT2D eigenvalue weighted by Crippen LogP contribution is -2.33. The summed E-state index contributed by atoms with van der Waals surface area (Å²) in [5.41, 5.74) is 1.37. The molecule has 1 aliphatic rings. The Morgan fingerprint density at radius 1 is 1.30 bits per heavy atom. The molecule has 1 fully saturated rings. The zero-order valence-electron chi connectivity index (χ0n) is 13.3. The van der Waals surface area contributed by atoms with E-state index >= 15 is 0 Å². The summed E-state index contributed by atoms with van der Waals surface area (Å²) in [6.07, 6.45) is 16.5. The molecule has 3 nitrogen and oxygen atoms in total. The van der Waals surface area contributed by atoms with E-state index in [9.17, 15) is 0 Å². The third-order valence-corrected chi connectivity index (χ3v) is 4.52. The fraction of sp³-hybridized carbons (Fsp3) is 0.824. The van der Waals surface area contributed by atoms with Gasteiger partial charge < -0.3 is 5.32 Å². The van der Waals surface area contributed by atoms with Gasteiger partial charge in [0.1, 0.15) is 0 Å². The molecule has 0 aromatic carbocycles. The van der Waals surface area contributed by atoms with Crippen LogP contribution in [0, 0.1) is 5.92 Å². The maximum atomic E-state index is 4.30. The molecule has 1 aromatic rings. The molecule has 0 amide bonds. The first-order valence-electron chi connectivity index (χ1n) is 8.49. The number of rotatable bonds is 7. The van der Waals surface area contributed by atoms with Crippen LogP contribution >= 0.6 is 0 Å². The molecule has 0 saturated heterocycles. The van der Waals surface area contributed by atoms with Crippen molar-refractivity contribution in [1.29, 1.82) is 0 Å². The standard InChI is InChI=1S/C17H31N3/c1-3-10-18-17(12-16-13-19-20(2)14-16)11-15-8-6-4-5-7-9-15/h13-15,17-18H,3-12H2,1-2H3. The minimum Gasteiger partial charge on any atom is -0.314 e. The third-order valence-electron chi connectivity index (χ3n) is 4.52. The normalized spacial score (nSPS) is 18.9. The van der Waals surface area contributed by atoms with Crippen molar-refractivity contribution in [2.24, 2.45) is 13.0 Å². The monoisotopic (exact) mass is 277 g/mol. The van der Waals surface area contributed by atoms with Crippen molar-refractivity contribution >= 4 is 0 Å². The minimum absolute atomic E-state index is 0.627. The van der Waals surface area contributed by atoms with Crippen LogP contribution in [-0.2, 0) is 13.5 Å². The van der Waals surface area contributed by atoms with Crippen LogP contribution < -0.4 is 5.32 Å². The highest BCUT2D eigenvalue weighted by molar-refractivity contribution is 5.06. The van der Waals surface area contributed by atoms with Gasteiger partial charge in [-0.2, -0.15) is 5.10 Å². The number of nitrogens with zero attached hydrogens (tertiary/aromatic N) is 2. The molecule has 1 unspecified atom stereocenters. The number of hydrogen-bond donors (Lipinski definition) is 1. The Morgan fingerprint density at radius 3 is 2.65 bits per heavy atom. The van der Waals surface area contributed by atoms with Crippen molar-refractivity contribution in [3.63, 3.8) is 0 Å². The second-order valence-electron chi connectivity index (χ2n) is 6.47. The van der Waals surface area contributed by atoms with Crippen molar-refractivity contribution in [3.8, 4) is 0 Å². The van der Waals surface area contributed by atoms with Gasteiger partial charge in [0.25, 0.3) is 0 Å².